The van der Waals surface area contributed by atoms with Crippen LogP contribution in [-0.2, 0) is 5.41 Å². The summed E-state index contributed by atoms with van der Waals surface area (Å²) >= 11 is 3.48. The second-order valence-corrected chi connectivity index (χ2v) is 5.90. The molecule has 0 radical (unpaired) electrons. The topological polar surface area (TPSA) is 32.3 Å². The van der Waals surface area contributed by atoms with E-state index in [0.29, 0.717) is 0 Å². The first-order valence-corrected chi connectivity index (χ1v) is 6.69. The molecule has 2 aliphatic rings. The van der Waals surface area contributed by atoms with E-state index < -0.39 is 0 Å². The molecule has 1 heterocycles. The molecule has 0 amide bonds. The van der Waals surface area contributed by atoms with Gasteiger partial charge in [0.15, 0.2) is 0 Å². The van der Waals surface area contributed by atoms with E-state index in [1.807, 2.05) is 0 Å². The number of hydrogen-bond acceptors (Lipinski definition) is 2. The number of piperidine rings is 1. The fourth-order valence-electron chi connectivity index (χ4n) is 3.26. The molecule has 1 aliphatic carbocycles. The monoisotopic (exact) mass is 281 g/mol. The number of rotatable bonds is 0. The largest absolute Gasteiger partial charge is 0.388 e. The standard InChI is InChI=1S/C13H16BrNO/c14-9-1-2-11-10(7-9)12(16)8-13(11)3-5-15-6-4-13/h1-2,7,12,15-16H,3-6,8H2. The van der Waals surface area contributed by atoms with Crippen molar-refractivity contribution in [2.45, 2.75) is 30.8 Å². The second-order valence-electron chi connectivity index (χ2n) is 4.98. The van der Waals surface area contributed by atoms with Crippen LogP contribution in [0.3, 0.4) is 0 Å². The van der Waals surface area contributed by atoms with Crippen molar-refractivity contribution in [1.82, 2.24) is 5.32 Å². The molecule has 1 saturated heterocycles. The number of halogens is 1. The van der Waals surface area contributed by atoms with Gasteiger partial charge in [-0.3, -0.25) is 0 Å². The van der Waals surface area contributed by atoms with Gasteiger partial charge in [0.05, 0.1) is 6.10 Å². The zero-order valence-corrected chi connectivity index (χ0v) is 10.8. The predicted octanol–water partition coefficient (Wildman–Crippen LogP) is 2.51. The van der Waals surface area contributed by atoms with Crippen LogP contribution >= 0.6 is 15.9 Å². The Morgan fingerprint density at radius 1 is 1.31 bits per heavy atom. The van der Waals surface area contributed by atoms with E-state index in [1.54, 1.807) is 0 Å². The summed E-state index contributed by atoms with van der Waals surface area (Å²) in [5.74, 6) is 0. The summed E-state index contributed by atoms with van der Waals surface area (Å²) in [6, 6.07) is 6.37. The normalized spacial score (nSPS) is 27.0. The number of aliphatic hydroxyl groups excluding tert-OH is 1. The molecular formula is C13H16BrNO. The van der Waals surface area contributed by atoms with Crippen molar-refractivity contribution in [1.29, 1.82) is 0 Å². The van der Waals surface area contributed by atoms with E-state index in [9.17, 15) is 5.11 Å². The van der Waals surface area contributed by atoms with Gasteiger partial charge in [0.25, 0.3) is 0 Å². The molecule has 1 aliphatic heterocycles. The van der Waals surface area contributed by atoms with Crippen LogP contribution in [0.25, 0.3) is 0 Å². The Morgan fingerprint density at radius 2 is 2.06 bits per heavy atom. The number of fused-ring (bicyclic) bond motifs is 2. The Labute approximate surface area is 104 Å². The van der Waals surface area contributed by atoms with E-state index in [2.05, 4.69) is 39.4 Å². The SMILES string of the molecule is OC1CC2(CCNCC2)c2ccc(Br)cc21. The van der Waals surface area contributed by atoms with Gasteiger partial charge >= 0.3 is 0 Å². The van der Waals surface area contributed by atoms with Gasteiger partial charge in [-0.25, -0.2) is 0 Å². The first-order chi connectivity index (χ1) is 7.71. The lowest BCUT2D eigenvalue weighted by molar-refractivity contribution is 0.142. The van der Waals surface area contributed by atoms with Gasteiger partial charge in [0.1, 0.15) is 0 Å². The summed E-state index contributed by atoms with van der Waals surface area (Å²) in [4.78, 5) is 0. The Balaban J connectivity index is 2.07. The third-order valence-electron chi connectivity index (χ3n) is 4.09. The molecule has 16 heavy (non-hydrogen) atoms. The van der Waals surface area contributed by atoms with Crippen molar-refractivity contribution in [3.63, 3.8) is 0 Å². The third kappa shape index (κ3) is 1.53. The van der Waals surface area contributed by atoms with Crippen LogP contribution in [0.1, 0.15) is 36.5 Å². The Kier molecular flexibility index (Phi) is 2.57. The molecule has 2 N–H and O–H groups in total. The van der Waals surface area contributed by atoms with E-state index >= 15 is 0 Å². The highest BCUT2D eigenvalue weighted by Gasteiger charge is 2.43. The van der Waals surface area contributed by atoms with Crippen molar-refractivity contribution in [3.05, 3.63) is 33.8 Å². The summed E-state index contributed by atoms with van der Waals surface area (Å²) in [5, 5.41) is 13.6. The Bertz CT molecular complexity index is 412. The van der Waals surface area contributed by atoms with Crippen LogP contribution in [-0.4, -0.2) is 18.2 Å². The average Bonchev–Trinajstić information content (AvgIpc) is 2.53. The van der Waals surface area contributed by atoms with Crippen LogP contribution in [0, 0.1) is 0 Å². The predicted molar refractivity (Wildman–Crippen MR) is 67.5 cm³/mol. The van der Waals surface area contributed by atoms with Crippen LogP contribution in [0.5, 0.6) is 0 Å². The number of aliphatic hydroxyl groups is 1. The molecule has 86 valence electrons. The molecule has 1 spiro atoms. The summed E-state index contributed by atoms with van der Waals surface area (Å²) < 4.78 is 1.07. The molecule has 1 aromatic rings. The first kappa shape index (κ1) is 10.8. The van der Waals surface area contributed by atoms with E-state index in [0.717, 1.165) is 42.4 Å². The highest BCUT2D eigenvalue weighted by atomic mass is 79.9. The number of benzene rings is 1. The van der Waals surface area contributed by atoms with Crippen LogP contribution in [0.4, 0.5) is 0 Å². The van der Waals surface area contributed by atoms with Crippen molar-refractivity contribution in [2.24, 2.45) is 0 Å². The summed E-state index contributed by atoms with van der Waals surface area (Å²) in [6.45, 7) is 2.14. The lowest BCUT2D eigenvalue weighted by Crippen LogP contribution is -2.38. The van der Waals surface area contributed by atoms with Crippen molar-refractivity contribution in [3.8, 4) is 0 Å². The maximum atomic E-state index is 10.2. The molecule has 1 atom stereocenters. The molecule has 1 unspecified atom stereocenters. The minimum absolute atomic E-state index is 0.237. The highest BCUT2D eigenvalue weighted by Crippen LogP contribution is 2.50. The Morgan fingerprint density at radius 3 is 2.81 bits per heavy atom. The number of nitrogens with one attached hydrogen (secondary N) is 1. The zero-order chi connectivity index (χ0) is 11.2. The van der Waals surface area contributed by atoms with Gasteiger partial charge in [-0.05, 0) is 55.6 Å². The lowest BCUT2D eigenvalue weighted by Gasteiger charge is -2.35. The lowest BCUT2D eigenvalue weighted by atomic mass is 9.74. The maximum absolute atomic E-state index is 10.2. The smallest absolute Gasteiger partial charge is 0.0801 e. The molecule has 1 aromatic carbocycles. The maximum Gasteiger partial charge on any atom is 0.0801 e. The minimum atomic E-state index is -0.273. The summed E-state index contributed by atoms with van der Waals surface area (Å²) in [6.07, 6.45) is 2.93. The summed E-state index contributed by atoms with van der Waals surface area (Å²) in [7, 11) is 0. The number of hydrogen-bond donors (Lipinski definition) is 2. The van der Waals surface area contributed by atoms with Crippen LogP contribution in [0.2, 0.25) is 0 Å². The third-order valence-corrected chi connectivity index (χ3v) is 4.58. The van der Waals surface area contributed by atoms with Crippen molar-refractivity contribution >= 4 is 15.9 Å². The van der Waals surface area contributed by atoms with Gasteiger partial charge in [0.2, 0.25) is 0 Å². The van der Waals surface area contributed by atoms with Gasteiger partial charge in [-0.2, -0.15) is 0 Å². The second kappa shape index (κ2) is 3.83. The minimum Gasteiger partial charge on any atom is -0.388 e. The Hall–Kier alpha value is -0.380. The van der Waals surface area contributed by atoms with Crippen LogP contribution < -0.4 is 5.32 Å². The quantitative estimate of drug-likeness (QED) is 0.766. The fraction of sp³-hybridized carbons (Fsp3) is 0.538. The van der Waals surface area contributed by atoms with Gasteiger partial charge < -0.3 is 10.4 Å². The van der Waals surface area contributed by atoms with Crippen molar-refractivity contribution < 1.29 is 5.11 Å². The fourth-order valence-corrected chi connectivity index (χ4v) is 3.64. The zero-order valence-electron chi connectivity index (χ0n) is 9.17. The van der Waals surface area contributed by atoms with Gasteiger partial charge in [0, 0.05) is 9.89 Å². The van der Waals surface area contributed by atoms with E-state index in [-0.39, 0.29) is 11.5 Å². The molecule has 0 bridgehead atoms. The van der Waals surface area contributed by atoms with Gasteiger partial charge in [-0.15, -0.1) is 0 Å². The summed E-state index contributed by atoms with van der Waals surface area (Å²) in [5.41, 5.74) is 2.75. The average molecular weight is 282 g/mol. The molecular weight excluding hydrogens is 266 g/mol. The molecule has 3 heteroatoms. The van der Waals surface area contributed by atoms with E-state index in [4.69, 9.17) is 0 Å². The molecule has 1 fully saturated rings. The molecule has 0 saturated carbocycles. The van der Waals surface area contributed by atoms with Crippen LogP contribution in [0.15, 0.2) is 22.7 Å². The van der Waals surface area contributed by atoms with Gasteiger partial charge in [-0.1, -0.05) is 22.0 Å². The molecule has 2 nitrogen and oxygen atoms in total. The molecule has 3 rings (SSSR count). The molecule has 0 aromatic heterocycles. The highest BCUT2D eigenvalue weighted by molar-refractivity contribution is 9.10. The first-order valence-electron chi connectivity index (χ1n) is 5.90. The van der Waals surface area contributed by atoms with E-state index in [1.165, 1.54) is 5.56 Å². The van der Waals surface area contributed by atoms with Crippen molar-refractivity contribution in [2.75, 3.05) is 13.1 Å².